The zero-order valence-electron chi connectivity index (χ0n) is 6.77. The quantitative estimate of drug-likeness (QED) is 0.433. The Balaban J connectivity index is 2.93. The third-order valence-electron chi connectivity index (χ3n) is 1.54. The highest BCUT2D eigenvalue weighted by atomic mass is 16.6. The number of hydrogen-bond donors (Lipinski definition) is 1. The van der Waals surface area contributed by atoms with E-state index < -0.39 is 4.92 Å². The van der Waals surface area contributed by atoms with Gasteiger partial charge in [-0.2, -0.15) is 5.90 Å². The van der Waals surface area contributed by atoms with Crippen LogP contribution in [-0.2, 0) is 4.84 Å². The molecule has 0 fully saturated rings. The van der Waals surface area contributed by atoms with E-state index in [1.807, 2.05) is 0 Å². The second-order valence-electron chi connectivity index (χ2n) is 2.35. The highest BCUT2D eigenvalue weighted by Crippen LogP contribution is 2.16. The van der Waals surface area contributed by atoms with Crippen LogP contribution >= 0.6 is 0 Å². The van der Waals surface area contributed by atoms with Gasteiger partial charge in [0.05, 0.1) is 4.92 Å². The SMILES string of the molecule is C=C(ON)c1ccc([N+](=O)[O-])cc1. The predicted molar refractivity (Wildman–Crippen MR) is 47.4 cm³/mol. The Hall–Kier alpha value is -1.88. The molecule has 0 saturated carbocycles. The van der Waals surface area contributed by atoms with Crippen LogP contribution in [0.2, 0.25) is 0 Å². The van der Waals surface area contributed by atoms with Crippen LogP contribution < -0.4 is 5.90 Å². The summed E-state index contributed by atoms with van der Waals surface area (Å²) >= 11 is 0. The van der Waals surface area contributed by atoms with Gasteiger partial charge in [-0.3, -0.25) is 10.1 Å². The molecule has 0 atom stereocenters. The largest absolute Gasteiger partial charge is 0.412 e. The fraction of sp³-hybridized carbons (Fsp3) is 0. The Morgan fingerprint density at radius 2 is 2.00 bits per heavy atom. The van der Waals surface area contributed by atoms with Crippen molar-refractivity contribution in [2.24, 2.45) is 5.90 Å². The average molecular weight is 180 g/mol. The number of benzene rings is 1. The molecule has 0 amide bonds. The van der Waals surface area contributed by atoms with Crippen LogP contribution in [0.4, 0.5) is 5.69 Å². The molecular weight excluding hydrogens is 172 g/mol. The summed E-state index contributed by atoms with van der Waals surface area (Å²) in [6.07, 6.45) is 0. The molecule has 1 aromatic rings. The molecule has 1 rings (SSSR count). The lowest BCUT2D eigenvalue weighted by molar-refractivity contribution is -0.384. The molecule has 5 nitrogen and oxygen atoms in total. The first-order valence-corrected chi connectivity index (χ1v) is 3.45. The van der Waals surface area contributed by atoms with Crippen LogP contribution in [0.25, 0.3) is 5.76 Å². The van der Waals surface area contributed by atoms with Crippen molar-refractivity contribution in [3.8, 4) is 0 Å². The van der Waals surface area contributed by atoms with E-state index in [0.29, 0.717) is 5.56 Å². The minimum absolute atomic E-state index is 0.0218. The lowest BCUT2D eigenvalue weighted by Gasteiger charge is -2.01. The summed E-state index contributed by atoms with van der Waals surface area (Å²) < 4.78 is 0. The van der Waals surface area contributed by atoms with Crippen molar-refractivity contribution in [1.82, 2.24) is 0 Å². The summed E-state index contributed by atoms with van der Waals surface area (Å²) in [5.74, 6) is 5.14. The molecule has 0 spiro atoms. The number of nitrogens with two attached hydrogens (primary N) is 1. The van der Waals surface area contributed by atoms with E-state index in [2.05, 4.69) is 11.4 Å². The van der Waals surface area contributed by atoms with E-state index in [9.17, 15) is 10.1 Å². The van der Waals surface area contributed by atoms with Gasteiger partial charge in [0.1, 0.15) is 5.76 Å². The van der Waals surface area contributed by atoms with Gasteiger partial charge >= 0.3 is 0 Å². The van der Waals surface area contributed by atoms with E-state index in [-0.39, 0.29) is 11.4 Å². The summed E-state index contributed by atoms with van der Waals surface area (Å²) in [5.41, 5.74) is 0.640. The molecule has 2 N–H and O–H groups in total. The van der Waals surface area contributed by atoms with Crippen molar-refractivity contribution in [2.75, 3.05) is 0 Å². The van der Waals surface area contributed by atoms with Crippen LogP contribution in [0.5, 0.6) is 0 Å². The van der Waals surface area contributed by atoms with E-state index in [1.54, 1.807) is 0 Å². The molecule has 0 aliphatic carbocycles. The van der Waals surface area contributed by atoms with Crippen molar-refractivity contribution < 1.29 is 9.76 Å². The lowest BCUT2D eigenvalue weighted by Crippen LogP contribution is -1.97. The Morgan fingerprint density at radius 3 is 2.38 bits per heavy atom. The summed E-state index contributed by atoms with van der Waals surface area (Å²) in [6, 6.07) is 5.76. The van der Waals surface area contributed by atoms with Gasteiger partial charge < -0.3 is 4.84 Å². The second-order valence-corrected chi connectivity index (χ2v) is 2.35. The summed E-state index contributed by atoms with van der Waals surface area (Å²) in [7, 11) is 0. The van der Waals surface area contributed by atoms with Gasteiger partial charge in [-0.1, -0.05) is 6.58 Å². The van der Waals surface area contributed by atoms with Gasteiger partial charge in [0.2, 0.25) is 0 Å². The van der Waals surface area contributed by atoms with Crippen LogP contribution in [0.1, 0.15) is 5.56 Å². The number of hydrogen-bond acceptors (Lipinski definition) is 4. The first kappa shape index (κ1) is 9.21. The fourth-order valence-electron chi connectivity index (χ4n) is 0.837. The molecular formula is C8H8N2O3. The van der Waals surface area contributed by atoms with Gasteiger partial charge in [0.25, 0.3) is 5.69 Å². The Morgan fingerprint density at radius 1 is 1.46 bits per heavy atom. The Labute approximate surface area is 74.5 Å². The van der Waals surface area contributed by atoms with E-state index >= 15 is 0 Å². The second kappa shape index (κ2) is 3.68. The molecule has 0 radical (unpaired) electrons. The third kappa shape index (κ3) is 2.03. The molecule has 0 unspecified atom stereocenters. The average Bonchev–Trinajstić information content (AvgIpc) is 2.17. The predicted octanol–water partition coefficient (Wildman–Crippen LogP) is 1.46. The first-order chi connectivity index (χ1) is 6.15. The van der Waals surface area contributed by atoms with Crippen LogP contribution in [0.3, 0.4) is 0 Å². The van der Waals surface area contributed by atoms with Gasteiger partial charge in [-0.25, -0.2) is 0 Å². The molecule has 68 valence electrons. The van der Waals surface area contributed by atoms with Crippen molar-refractivity contribution in [3.63, 3.8) is 0 Å². The zero-order valence-corrected chi connectivity index (χ0v) is 6.77. The lowest BCUT2D eigenvalue weighted by atomic mass is 10.2. The molecule has 0 bridgehead atoms. The van der Waals surface area contributed by atoms with Gasteiger partial charge in [0, 0.05) is 17.7 Å². The van der Waals surface area contributed by atoms with Gasteiger partial charge in [-0.05, 0) is 12.1 Å². The minimum Gasteiger partial charge on any atom is -0.412 e. The maximum absolute atomic E-state index is 10.3. The number of nitro benzene ring substituents is 1. The van der Waals surface area contributed by atoms with Crippen LogP contribution in [-0.4, -0.2) is 4.92 Å². The highest BCUT2D eigenvalue weighted by molar-refractivity contribution is 5.58. The van der Waals surface area contributed by atoms with Crippen molar-refractivity contribution >= 4 is 11.4 Å². The standard InChI is InChI=1S/C8H8N2O3/c1-6(13-9)7-2-4-8(5-3-7)10(11)12/h2-5H,1,9H2. The van der Waals surface area contributed by atoms with Crippen LogP contribution in [0, 0.1) is 10.1 Å². The zero-order chi connectivity index (χ0) is 9.84. The fourth-order valence-corrected chi connectivity index (χ4v) is 0.837. The smallest absolute Gasteiger partial charge is 0.269 e. The normalized spacial score (nSPS) is 9.31. The molecule has 13 heavy (non-hydrogen) atoms. The molecule has 1 aromatic carbocycles. The molecule has 0 aliphatic rings. The summed E-state index contributed by atoms with van der Waals surface area (Å²) in [5, 5.41) is 10.3. The van der Waals surface area contributed by atoms with E-state index in [4.69, 9.17) is 5.90 Å². The first-order valence-electron chi connectivity index (χ1n) is 3.45. The summed E-state index contributed by atoms with van der Waals surface area (Å²) in [6.45, 7) is 3.50. The van der Waals surface area contributed by atoms with Crippen molar-refractivity contribution in [3.05, 3.63) is 46.5 Å². The number of non-ortho nitro benzene ring substituents is 1. The van der Waals surface area contributed by atoms with Crippen molar-refractivity contribution in [2.45, 2.75) is 0 Å². The Bertz CT molecular complexity index is 332. The number of nitro groups is 1. The maximum atomic E-state index is 10.3. The third-order valence-corrected chi connectivity index (χ3v) is 1.54. The molecule has 0 aliphatic heterocycles. The highest BCUT2D eigenvalue weighted by Gasteiger charge is 2.05. The Kier molecular flexibility index (Phi) is 2.61. The number of nitrogens with zero attached hydrogens (tertiary/aromatic N) is 1. The molecule has 0 heterocycles. The van der Waals surface area contributed by atoms with E-state index in [1.165, 1.54) is 24.3 Å². The van der Waals surface area contributed by atoms with Gasteiger partial charge in [0.15, 0.2) is 0 Å². The maximum Gasteiger partial charge on any atom is 0.269 e. The van der Waals surface area contributed by atoms with Crippen molar-refractivity contribution in [1.29, 1.82) is 0 Å². The molecule has 5 heteroatoms. The van der Waals surface area contributed by atoms with Crippen LogP contribution in [0.15, 0.2) is 30.8 Å². The molecule has 0 aromatic heterocycles. The monoisotopic (exact) mass is 180 g/mol. The topological polar surface area (TPSA) is 78.4 Å². The summed E-state index contributed by atoms with van der Waals surface area (Å²) in [4.78, 5) is 14.2. The number of rotatable bonds is 3. The van der Waals surface area contributed by atoms with E-state index in [0.717, 1.165) is 0 Å². The molecule has 0 saturated heterocycles. The van der Waals surface area contributed by atoms with Gasteiger partial charge in [-0.15, -0.1) is 0 Å². The minimum atomic E-state index is -0.476.